The maximum Gasteiger partial charge on any atom is 0.243 e. The van der Waals surface area contributed by atoms with Gasteiger partial charge in [0, 0.05) is 24.2 Å². The van der Waals surface area contributed by atoms with Gasteiger partial charge in [-0.2, -0.15) is 4.80 Å². The maximum absolute atomic E-state index is 11.6. The molecule has 2 aromatic rings. The van der Waals surface area contributed by atoms with E-state index < -0.39 is 0 Å². The predicted molar refractivity (Wildman–Crippen MR) is 73.1 cm³/mol. The number of nitrogens with zero attached hydrogens (tertiary/aromatic N) is 4. The molecule has 0 saturated carbocycles. The zero-order valence-corrected chi connectivity index (χ0v) is 11.7. The second-order valence-electron chi connectivity index (χ2n) is 3.99. The largest absolute Gasteiger partial charge is 0.383 e. The normalized spacial score (nSPS) is 10.5. The number of methoxy groups -OCH3 is 1. The van der Waals surface area contributed by atoms with Crippen LogP contribution in [0.25, 0.3) is 11.4 Å². The Balaban J connectivity index is 1.95. The highest BCUT2D eigenvalue weighted by Crippen LogP contribution is 2.16. The Kier molecular flexibility index (Phi) is 5.03. The number of halogens is 1. The summed E-state index contributed by atoms with van der Waals surface area (Å²) in [5.41, 5.74) is 0.792. The van der Waals surface area contributed by atoms with Crippen LogP contribution in [0, 0.1) is 0 Å². The molecule has 0 radical (unpaired) electrons. The van der Waals surface area contributed by atoms with E-state index in [9.17, 15) is 4.79 Å². The first-order valence-electron chi connectivity index (χ1n) is 5.98. The zero-order chi connectivity index (χ0) is 14.4. The quantitative estimate of drug-likeness (QED) is 0.796. The molecular formula is C12H14ClN5O2. The molecule has 8 heteroatoms. The number of aromatic nitrogens is 4. The number of carbonyl (C=O) groups is 1. The van der Waals surface area contributed by atoms with Crippen molar-refractivity contribution >= 4 is 17.5 Å². The van der Waals surface area contributed by atoms with Crippen molar-refractivity contribution < 1.29 is 9.53 Å². The highest BCUT2D eigenvalue weighted by Gasteiger charge is 2.08. The Bertz CT molecular complexity index is 569. The summed E-state index contributed by atoms with van der Waals surface area (Å²) in [6, 6.07) is 7.08. The lowest BCUT2D eigenvalue weighted by atomic mass is 10.2. The van der Waals surface area contributed by atoms with E-state index in [2.05, 4.69) is 20.7 Å². The van der Waals surface area contributed by atoms with Gasteiger partial charge in [-0.3, -0.25) is 4.79 Å². The molecule has 0 bridgehead atoms. The molecule has 0 aliphatic carbocycles. The van der Waals surface area contributed by atoms with E-state index >= 15 is 0 Å². The van der Waals surface area contributed by atoms with E-state index in [0.717, 1.165) is 5.56 Å². The Morgan fingerprint density at radius 3 is 2.85 bits per heavy atom. The van der Waals surface area contributed by atoms with E-state index in [-0.39, 0.29) is 12.5 Å². The van der Waals surface area contributed by atoms with Crippen molar-refractivity contribution in [1.82, 2.24) is 25.5 Å². The summed E-state index contributed by atoms with van der Waals surface area (Å²) in [6.07, 6.45) is 0. The number of nitrogens with one attached hydrogen (secondary N) is 1. The minimum absolute atomic E-state index is 0.0182. The molecule has 1 aromatic carbocycles. The first-order valence-corrected chi connectivity index (χ1v) is 6.36. The highest BCUT2D eigenvalue weighted by atomic mass is 35.5. The molecule has 0 aliphatic heterocycles. The monoisotopic (exact) mass is 295 g/mol. The minimum atomic E-state index is -0.192. The second kappa shape index (κ2) is 6.97. The van der Waals surface area contributed by atoms with Crippen LogP contribution in [0.3, 0.4) is 0 Å². The Morgan fingerprint density at radius 1 is 1.40 bits per heavy atom. The van der Waals surface area contributed by atoms with Crippen molar-refractivity contribution in [2.45, 2.75) is 6.54 Å². The number of ether oxygens (including phenoxy) is 1. The van der Waals surface area contributed by atoms with Crippen LogP contribution >= 0.6 is 11.6 Å². The van der Waals surface area contributed by atoms with Gasteiger partial charge in [0.1, 0.15) is 6.54 Å². The Morgan fingerprint density at radius 2 is 2.15 bits per heavy atom. The van der Waals surface area contributed by atoms with Gasteiger partial charge in [0.15, 0.2) is 0 Å². The van der Waals surface area contributed by atoms with Gasteiger partial charge in [-0.15, -0.1) is 10.2 Å². The molecular weight excluding hydrogens is 282 g/mol. The average molecular weight is 296 g/mol. The number of tetrazole rings is 1. The molecule has 0 aliphatic rings. The van der Waals surface area contributed by atoms with Crippen LogP contribution in [0.4, 0.5) is 0 Å². The maximum atomic E-state index is 11.6. The van der Waals surface area contributed by atoms with Gasteiger partial charge in [0.25, 0.3) is 0 Å². The van der Waals surface area contributed by atoms with Crippen LogP contribution in [-0.2, 0) is 16.1 Å². The smallest absolute Gasteiger partial charge is 0.243 e. The van der Waals surface area contributed by atoms with Crippen molar-refractivity contribution in [3.05, 3.63) is 29.3 Å². The molecule has 20 heavy (non-hydrogen) atoms. The third-order valence-electron chi connectivity index (χ3n) is 2.47. The molecule has 1 amide bonds. The van der Waals surface area contributed by atoms with Gasteiger partial charge in [0.2, 0.25) is 11.7 Å². The summed E-state index contributed by atoms with van der Waals surface area (Å²) in [5, 5.41) is 15.2. The molecule has 0 unspecified atom stereocenters. The third-order valence-corrected chi connectivity index (χ3v) is 2.72. The Labute approximate surface area is 120 Å². The summed E-state index contributed by atoms with van der Waals surface area (Å²) in [6.45, 7) is 0.935. The average Bonchev–Trinajstić information content (AvgIpc) is 2.88. The minimum Gasteiger partial charge on any atom is -0.383 e. The molecule has 0 spiro atoms. The first kappa shape index (κ1) is 14.4. The van der Waals surface area contributed by atoms with Gasteiger partial charge < -0.3 is 10.1 Å². The number of carbonyl (C=O) groups excluding carboxylic acids is 1. The number of hydrogen-bond donors (Lipinski definition) is 1. The zero-order valence-electron chi connectivity index (χ0n) is 10.9. The van der Waals surface area contributed by atoms with Crippen molar-refractivity contribution in [3.63, 3.8) is 0 Å². The van der Waals surface area contributed by atoms with Crippen molar-refractivity contribution in [2.24, 2.45) is 0 Å². The molecule has 0 atom stereocenters. The Hall–Kier alpha value is -1.99. The van der Waals surface area contributed by atoms with Crippen molar-refractivity contribution in [2.75, 3.05) is 20.3 Å². The van der Waals surface area contributed by atoms with Crippen LogP contribution in [0.15, 0.2) is 24.3 Å². The van der Waals surface area contributed by atoms with E-state index in [1.54, 1.807) is 31.4 Å². The topological polar surface area (TPSA) is 81.9 Å². The standard InChI is InChI=1S/C12H14ClN5O2/c1-20-7-6-14-11(19)8-18-16-12(15-17-18)9-2-4-10(13)5-3-9/h2-5H,6-8H2,1H3,(H,14,19). The van der Waals surface area contributed by atoms with Crippen molar-refractivity contribution in [1.29, 1.82) is 0 Å². The van der Waals surface area contributed by atoms with E-state index in [4.69, 9.17) is 16.3 Å². The SMILES string of the molecule is COCCNC(=O)Cn1nnc(-c2ccc(Cl)cc2)n1. The van der Waals surface area contributed by atoms with Crippen LogP contribution in [0.1, 0.15) is 0 Å². The van der Waals surface area contributed by atoms with Crippen molar-refractivity contribution in [3.8, 4) is 11.4 Å². The molecule has 1 heterocycles. The molecule has 1 N–H and O–H groups in total. The van der Waals surface area contributed by atoms with Gasteiger partial charge >= 0.3 is 0 Å². The fourth-order valence-electron chi connectivity index (χ4n) is 1.50. The third kappa shape index (κ3) is 4.01. The van der Waals surface area contributed by atoms with Gasteiger partial charge in [-0.1, -0.05) is 11.6 Å². The summed E-state index contributed by atoms with van der Waals surface area (Å²) in [5.74, 6) is 0.258. The summed E-state index contributed by atoms with van der Waals surface area (Å²) in [7, 11) is 1.57. The predicted octanol–water partition coefficient (Wildman–Crippen LogP) is 0.756. The molecule has 1 aromatic heterocycles. The molecule has 2 rings (SSSR count). The lowest BCUT2D eigenvalue weighted by Crippen LogP contribution is -2.31. The number of hydrogen-bond acceptors (Lipinski definition) is 5. The van der Waals surface area contributed by atoms with Gasteiger partial charge in [0.05, 0.1) is 6.61 Å². The van der Waals surface area contributed by atoms with Gasteiger partial charge in [-0.05, 0) is 29.5 Å². The fraction of sp³-hybridized carbons (Fsp3) is 0.333. The lowest BCUT2D eigenvalue weighted by molar-refractivity contribution is -0.122. The number of benzene rings is 1. The number of amides is 1. The summed E-state index contributed by atoms with van der Waals surface area (Å²) in [4.78, 5) is 12.8. The van der Waals surface area contributed by atoms with E-state index in [0.29, 0.717) is 24.0 Å². The first-order chi connectivity index (χ1) is 9.69. The van der Waals surface area contributed by atoms with Crippen LogP contribution in [0.2, 0.25) is 5.02 Å². The molecule has 0 saturated heterocycles. The van der Waals surface area contributed by atoms with E-state index in [1.807, 2.05) is 0 Å². The molecule has 106 valence electrons. The van der Waals surface area contributed by atoms with Crippen LogP contribution in [-0.4, -0.2) is 46.4 Å². The molecule has 7 nitrogen and oxygen atoms in total. The highest BCUT2D eigenvalue weighted by molar-refractivity contribution is 6.30. The fourth-order valence-corrected chi connectivity index (χ4v) is 1.63. The van der Waals surface area contributed by atoms with E-state index in [1.165, 1.54) is 4.80 Å². The number of rotatable bonds is 6. The summed E-state index contributed by atoms with van der Waals surface area (Å²) >= 11 is 5.81. The van der Waals surface area contributed by atoms with Gasteiger partial charge in [-0.25, -0.2) is 0 Å². The lowest BCUT2D eigenvalue weighted by Gasteiger charge is -2.02. The van der Waals surface area contributed by atoms with Crippen LogP contribution < -0.4 is 5.32 Å². The summed E-state index contributed by atoms with van der Waals surface area (Å²) < 4.78 is 4.84. The van der Waals surface area contributed by atoms with Crippen LogP contribution in [0.5, 0.6) is 0 Å². The molecule has 0 fully saturated rings. The second-order valence-corrected chi connectivity index (χ2v) is 4.43.